The lowest BCUT2D eigenvalue weighted by molar-refractivity contribution is -0.123. The van der Waals surface area contributed by atoms with E-state index in [2.05, 4.69) is 10.6 Å². The second kappa shape index (κ2) is 7.65. The molecule has 1 aromatic rings. The number of hydrogen-bond acceptors (Lipinski definition) is 3. The van der Waals surface area contributed by atoms with Crippen molar-refractivity contribution in [1.82, 2.24) is 10.6 Å². The van der Waals surface area contributed by atoms with E-state index in [4.69, 9.17) is 5.73 Å². The molecule has 0 aliphatic rings. The second-order valence-electron chi connectivity index (χ2n) is 5.14. The lowest BCUT2D eigenvalue weighted by Gasteiger charge is -2.21. The third-order valence-electron chi connectivity index (χ3n) is 2.96. The maximum absolute atomic E-state index is 12.2. The van der Waals surface area contributed by atoms with E-state index in [-0.39, 0.29) is 17.7 Å². The number of hydrogen-bond donors (Lipinski definition) is 3. The summed E-state index contributed by atoms with van der Waals surface area (Å²) in [5.74, 6) is -0.441. The fourth-order valence-electron chi connectivity index (χ4n) is 1.85. The first-order valence-electron chi connectivity index (χ1n) is 6.81. The molecule has 2 amide bonds. The zero-order valence-electron chi connectivity index (χ0n) is 12.3. The monoisotopic (exact) mass is 277 g/mol. The summed E-state index contributed by atoms with van der Waals surface area (Å²) in [6.07, 6.45) is 0. The quantitative estimate of drug-likeness (QED) is 0.720. The normalized spacial score (nSPS) is 12.1. The van der Waals surface area contributed by atoms with Crippen LogP contribution in [-0.4, -0.2) is 30.9 Å². The van der Waals surface area contributed by atoms with Crippen LogP contribution in [0.1, 0.15) is 29.8 Å². The van der Waals surface area contributed by atoms with Crippen molar-refractivity contribution in [3.8, 4) is 0 Å². The maximum Gasteiger partial charge on any atom is 0.251 e. The molecule has 1 atom stereocenters. The minimum Gasteiger partial charge on any atom is -0.353 e. The van der Waals surface area contributed by atoms with Crippen LogP contribution in [0.3, 0.4) is 0 Å². The average Bonchev–Trinajstić information content (AvgIpc) is 2.41. The molecule has 0 aliphatic carbocycles. The van der Waals surface area contributed by atoms with Gasteiger partial charge in [0.15, 0.2) is 0 Å². The number of nitrogens with two attached hydrogens (primary N) is 1. The van der Waals surface area contributed by atoms with Gasteiger partial charge in [0.2, 0.25) is 5.91 Å². The van der Waals surface area contributed by atoms with Crippen LogP contribution in [0.5, 0.6) is 0 Å². The topological polar surface area (TPSA) is 84.2 Å². The molecule has 5 nitrogen and oxygen atoms in total. The van der Waals surface area contributed by atoms with Crippen molar-refractivity contribution >= 4 is 11.8 Å². The molecule has 0 heterocycles. The van der Waals surface area contributed by atoms with Crippen LogP contribution in [-0.2, 0) is 4.79 Å². The molecule has 0 radical (unpaired) electrons. The van der Waals surface area contributed by atoms with E-state index < -0.39 is 6.04 Å². The average molecular weight is 277 g/mol. The SMILES string of the molecule is Cc1cccc(C(=O)NC(C(=O)NCCN)C(C)C)c1. The number of amides is 2. The third kappa shape index (κ3) is 4.66. The Morgan fingerprint density at radius 1 is 1.30 bits per heavy atom. The van der Waals surface area contributed by atoms with Gasteiger partial charge in [-0.1, -0.05) is 31.5 Å². The number of benzene rings is 1. The Labute approximate surface area is 119 Å². The summed E-state index contributed by atoms with van der Waals surface area (Å²) in [6, 6.07) is 6.71. The van der Waals surface area contributed by atoms with Crippen LogP contribution in [0, 0.1) is 12.8 Å². The zero-order valence-corrected chi connectivity index (χ0v) is 12.3. The summed E-state index contributed by atoms with van der Waals surface area (Å²) in [6.45, 7) is 6.49. The number of nitrogens with one attached hydrogen (secondary N) is 2. The molecular weight excluding hydrogens is 254 g/mol. The fraction of sp³-hybridized carbons (Fsp3) is 0.467. The van der Waals surface area contributed by atoms with Crippen LogP contribution in [0.15, 0.2) is 24.3 Å². The van der Waals surface area contributed by atoms with Gasteiger partial charge in [0.25, 0.3) is 5.91 Å². The molecule has 0 saturated carbocycles. The van der Waals surface area contributed by atoms with Crippen molar-refractivity contribution in [2.45, 2.75) is 26.8 Å². The largest absolute Gasteiger partial charge is 0.353 e. The Morgan fingerprint density at radius 2 is 2.00 bits per heavy atom. The lowest BCUT2D eigenvalue weighted by atomic mass is 10.0. The molecule has 0 bridgehead atoms. The van der Waals surface area contributed by atoms with Gasteiger partial charge in [0, 0.05) is 18.7 Å². The minimum absolute atomic E-state index is 0.00142. The minimum atomic E-state index is -0.561. The summed E-state index contributed by atoms with van der Waals surface area (Å²) in [7, 11) is 0. The standard InChI is InChI=1S/C15H23N3O2/c1-10(2)13(15(20)17-8-7-16)18-14(19)12-6-4-5-11(3)9-12/h4-6,9-10,13H,7-8,16H2,1-3H3,(H,17,20)(H,18,19). The van der Waals surface area contributed by atoms with Gasteiger partial charge in [-0.25, -0.2) is 0 Å². The van der Waals surface area contributed by atoms with Gasteiger partial charge in [-0.3, -0.25) is 9.59 Å². The Hall–Kier alpha value is -1.88. The summed E-state index contributed by atoms with van der Waals surface area (Å²) >= 11 is 0. The van der Waals surface area contributed by atoms with Gasteiger partial charge in [-0.2, -0.15) is 0 Å². The predicted octanol–water partition coefficient (Wildman–Crippen LogP) is 0.824. The molecule has 20 heavy (non-hydrogen) atoms. The molecule has 5 heteroatoms. The second-order valence-corrected chi connectivity index (χ2v) is 5.14. The van der Waals surface area contributed by atoms with Crippen molar-refractivity contribution in [2.75, 3.05) is 13.1 Å². The van der Waals surface area contributed by atoms with Crippen LogP contribution in [0.25, 0.3) is 0 Å². The molecule has 0 saturated heterocycles. The summed E-state index contributed by atoms with van der Waals surface area (Å²) in [5, 5.41) is 5.48. The molecule has 4 N–H and O–H groups in total. The molecular formula is C15H23N3O2. The van der Waals surface area contributed by atoms with E-state index in [9.17, 15) is 9.59 Å². The molecule has 0 spiro atoms. The zero-order chi connectivity index (χ0) is 15.1. The van der Waals surface area contributed by atoms with Gasteiger partial charge in [0.05, 0.1) is 0 Å². The van der Waals surface area contributed by atoms with E-state index in [1.807, 2.05) is 32.9 Å². The fourth-order valence-corrected chi connectivity index (χ4v) is 1.85. The first kappa shape index (κ1) is 16.2. The molecule has 1 unspecified atom stereocenters. The predicted molar refractivity (Wildman–Crippen MR) is 79.3 cm³/mol. The van der Waals surface area contributed by atoms with Crippen molar-refractivity contribution in [3.63, 3.8) is 0 Å². The molecule has 110 valence electrons. The van der Waals surface area contributed by atoms with Crippen molar-refractivity contribution in [3.05, 3.63) is 35.4 Å². The Morgan fingerprint density at radius 3 is 2.55 bits per heavy atom. The van der Waals surface area contributed by atoms with Gasteiger partial charge >= 0.3 is 0 Å². The summed E-state index contributed by atoms with van der Waals surface area (Å²) in [4.78, 5) is 24.2. The molecule has 0 fully saturated rings. The summed E-state index contributed by atoms with van der Waals surface area (Å²) in [5.41, 5.74) is 6.92. The summed E-state index contributed by atoms with van der Waals surface area (Å²) < 4.78 is 0. The maximum atomic E-state index is 12.2. The highest BCUT2D eigenvalue weighted by atomic mass is 16.2. The highest BCUT2D eigenvalue weighted by molar-refractivity contribution is 5.97. The van der Waals surface area contributed by atoms with E-state index in [0.717, 1.165) is 5.56 Å². The first-order chi connectivity index (χ1) is 9.45. The van der Waals surface area contributed by atoms with E-state index >= 15 is 0 Å². The molecule has 0 aliphatic heterocycles. The highest BCUT2D eigenvalue weighted by Crippen LogP contribution is 2.07. The van der Waals surface area contributed by atoms with Gasteiger partial charge < -0.3 is 16.4 Å². The molecule has 1 rings (SSSR count). The van der Waals surface area contributed by atoms with Crippen molar-refractivity contribution in [2.24, 2.45) is 11.7 Å². The smallest absolute Gasteiger partial charge is 0.251 e. The van der Waals surface area contributed by atoms with Crippen LogP contribution in [0.2, 0.25) is 0 Å². The van der Waals surface area contributed by atoms with Crippen LogP contribution < -0.4 is 16.4 Å². The lowest BCUT2D eigenvalue weighted by Crippen LogP contribution is -2.50. The van der Waals surface area contributed by atoms with Crippen molar-refractivity contribution < 1.29 is 9.59 Å². The van der Waals surface area contributed by atoms with Crippen molar-refractivity contribution in [1.29, 1.82) is 0 Å². The number of rotatable bonds is 6. The van der Waals surface area contributed by atoms with Gasteiger partial charge in [-0.05, 0) is 25.0 Å². The Bertz CT molecular complexity index is 472. The number of carbonyl (C=O) groups excluding carboxylic acids is 2. The molecule has 1 aromatic carbocycles. The Balaban J connectivity index is 2.75. The van der Waals surface area contributed by atoms with E-state index in [1.165, 1.54) is 0 Å². The van der Waals surface area contributed by atoms with Crippen LogP contribution in [0.4, 0.5) is 0 Å². The van der Waals surface area contributed by atoms with Crippen LogP contribution >= 0.6 is 0 Å². The van der Waals surface area contributed by atoms with Gasteiger partial charge in [0.1, 0.15) is 6.04 Å². The number of aryl methyl sites for hydroxylation is 1. The first-order valence-corrected chi connectivity index (χ1v) is 6.81. The molecule has 0 aromatic heterocycles. The third-order valence-corrected chi connectivity index (χ3v) is 2.96. The van der Waals surface area contributed by atoms with E-state index in [0.29, 0.717) is 18.7 Å². The Kier molecular flexibility index (Phi) is 6.18. The highest BCUT2D eigenvalue weighted by Gasteiger charge is 2.24. The van der Waals surface area contributed by atoms with Gasteiger partial charge in [-0.15, -0.1) is 0 Å². The number of carbonyl (C=O) groups is 2. The van der Waals surface area contributed by atoms with E-state index in [1.54, 1.807) is 12.1 Å².